The lowest BCUT2D eigenvalue weighted by molar-refractivity contribution is 0.00591. The Morgan fingerprint density at radius 2 is 1.95 bits per heavy atom. The van der Waals surface area contributed by atoms with E-state index < -0.39 is 0 Å². The quantitative estimate of drug-likeness (QED) is 0.761. The summed E-state index contributed by atoms with van der Waals surface area (Å²) in [5, 5.41) is 0. The van der Waals surface area contributed by atoms with Crippen LogP contribution < -0.4 is 0 Å². The van der Waals surface area contributed by atoms with Gasteiger partial charge in [0, 0.05) is 25.2 Å². The summed E-state index contributed by atoms with van der Waals surface area (Å²) in [6.07, 6.45) is 8.46. The molecule has 0 spiro atoms. The minimum atomic E-state index is -0.185. The first-order valence-corrected chi connectivity index (χ1v) is 7.65. The predicted molar refractivity (Wildman–Crippen MR) is 83.4 cm³/mol. The molecule has 20 heavy (non-hydrogen) atoms. The summed E-state index contributed by atoms with van der Waals surface area (Å²) < 4.78 is 0. The van der Waals surface area contributed by atoms with E-state index in [1.165, 1.54) is 24.9 Å². The molecule has 0 bridgehead atoms. The Balaban J connectivity index is 1.93. The molecular weight excluding hydrogens is 244 g/mol. The van der Waals surface area contributed by atoms with E-state index in [4.69, 9.17) is 6.42 Å². The van der Waals surface area contributed by atoms with Gasteiger partial charge in [0.25, 0.3) is 0 Å². The highest BCUT2D eigenvalue weighted by Crippen LogP contribution is 2.36. The summed E-state index contributed by atoms with van der Waals surface area (Å²) in [5.74, 6) is 3.00. The van der Waals surface area contributed by atoms with Crippen molar-refractivity contribution in [3.05, 3.63) is 35.9 Å². The third-order valence-electron chi connectivity index (χ3n) is 4.95. The molecule has 2 heteroatoms. The number of hydrogen-bond donors (Lipinski definition) is 0. The molecule has 1 aromatic carbocycles. The lowest BCUT2D eigenvalue weighted by Gasteiger charge is -2.49. The van der Waals surface area contributed by atoms with Gasteiger partial charge in [0.2, 0.25) is 0 Å². The minimum Gasteiger partial charge on any atom is -0.297 e. The van der Waals surface area contributed by atoms with Gasteiger partial charge in [-0.1, -0.05) is 36.3 Å². The Hall–Kier alpha value is -1.30. The second-order valence-electron chi connectivity index (χ2n) is 6.57. The van der Waals surface area contributed by atoms with Gasteiger partial charge in [-0.05, 0) is 38.8 Å². The summed E-state index contributed by atoms with van der Waals surface area (Å²) in [5.41, 5.74) is 1.20. The van der Waals surface area contributed by atoms with E-state index in [1.54, 1.807) is 0 Å². The fourth-order valence-corrected chi connectivity index (χ4v) is 3.68. The second-order valence-corrected chi connectivity index (χ2v) is 6.57. The van der Waals surface area contributed by atoms with Crippen LogP contribution in [0.25, 0.3) is 0 Å². The monoisotopic (exact) mass is 268 g/mol. The smallest absolute Gasteiger partial charge is 0.0772 e. The van der Waals surface area contributed by atoms with Gasteiger partial charge in [-0.3, -0.25) is 9.80 Å². The highest BCUT2D eigenvalue weighted by molar-refractivity contribution is 5.23. The molecule has 0 saturated carbocycles. The highest BCUT2D eigenvalue weighted by Gasteiger charge is 2.41. The van der Waals surface area contributed by atoms with Crippen molar-refractivity contribution < 1.29 is 0 Å². The summed E-state index contributed by atoms with van der Waals surface area (Å²) in [4.78, 5) is 5.19. The fourth-order valence-electron chi connectivity index (χ4n) is 3.68. The van der Waals surface area contributed by atoms with Crippen molar-refractivity contribution in [2.75, 3.05) is 19.6 Å². The molecule has 106 valence electrons. The molecule has 1 aromatic rings. The number of rotatable bonds is 2. The summed E-state index contributed by atoms with van der Waals surface area (Å²) in [6, 6.07) is 11.9. The molecule has 0 aromatic heterocycles. The van der Waals surface area contributed by atoms with E-state index in [-0.39, 0.29) is 5.54 Å². The number of benzene rings is 1. The maximum atomic E-state index is 5.81. The average molecular weight is 268 g/mol. The number of nitrogens with zero attached hydrogens (tertiary/aromatic N) is 2. The van der Waals surface area contributed by atoms with E-state index in [0.29, 0.717) is 12.1 Å². The van der Waals surface area contributed by atoms with Crippen LogP contribution in [0.2, 0.25) is 0 Å². The first-order valence-electron chi connectivity index (χ1n) is 7.65. The van der Waals surface area contributed by atoms with E-state index >= 15 is 0 Å². The molecule has 2 atom stereocenters. The van der Waals surface area contributed by atoms with Gasteiger partial charge in [-0.2, -0.15) is 0 Å². The van der Waals surface area contributed by atoms with Crippen LogP contribution in [-0.2, 0) is 0 Å². The molecule has 0 N–H and O–H groups in total. The van der Waals surface area contributed by atoms with Gasteiger partial charge < -0.3 is 0 Å². The van der Waals surface area contributed by atoms with Crippen molar-refractivity contribution in [2.24, 2.45) is 0 Å². The van der Waals surface area contributed by atoms with E-state index in [2.05, 4.69) is 59.9 Å². The Bertz CT molecular complexity index is 500. The van der Waals surface area contributed by atoms with Crippen molar-refractivity contribution in [2.45, 2.75) is 44.3 Å². The molecule has 0 aliphatic carbocycles. The fraction of sp³-hybridized carbons (Fsp3) is 0.556. The van der Waals surface area contributed by atoms with Gasteiger partial charge in [0.15, 0.2) is 0 Å². The third-order valence-corrected chi connectivity index (χ3v) is 4.95. The number of fused-ring (bicyclic) bond motifs is 1. The maximum absolute atomic E-state index is 5.81. The molecular formula is C18H24N2. The minimum absolute atomic E-state index is 0.185. The van der Waals surface area contributed by atoms with Crippen LogP contribution in [0.1, 0.15) is 38.3 Å². The van der Waals surface area contributed by atoms with Crippen LogP contribution >= 0.6 is 0 Å². The van der Waals surface area contributed by atoms with Crippen LogP contribution in [0, 0.1) is 12.3 Å². The largest absolute Gasteiger partial charge is 0.297 e. The van der Waals surface area contributed by atoms with Gasteiger partial charge >= 0.3 is 0 Å². The van der Waals surface area contributed by atoms with Gasteiger partial charge in [0.1, 0.15) is 0 Å². The van der Waals surface area contributed by atoms with Crippen LogP contribution in [-0.4, -0.2) is 41.0 Å². The van der Waals surface area contributed by atoms with Crippen LogP contribution in [0.15, 0.2) is 30.3 Å². The molecule has 2 unspecified atom stereocenters. The van der Waals surface area contributed by atoms with Crippen molar-refractivity contribution in [3.63, 3.8) is 0 Å². The molecule has 2 nitrogen and oxygen atoms in total. The molecule has 0 radical (unpaired) electrons. The number of terminal acetylenes is 1. The SMILES string of the molecule is C#CC(C)(C)N1CC2CCCN2CC1c1ccccc1. The van der Waals surface area contributed by atoms with E-state index in [1.807, 2.05) is 0 Å². The molecule has 2 heterocycles. The zero-order valence-electron chi connectivity index (χ0n) is 12.5. The average Bonchev–Trinajstić information content (AvgIpc) is 2.94. The van der Waals surface area contributed by atoms with Gasteiger partial charge in [-0.25, -0.2) is 0 Å². The van der Waals surface area contributed by atoms with Crippen molar-refractivity contribution in [1.82, 2.24) is 9.80 Å². The topological polar surface area (TPSA) is 6.48 Å². The second kappa shape index (κ2) is 5.24. The van der Waals surface area contributed by atoms with Crippen molar-refractivity contribution in [1.29, 1.82) is 0 Å². The van der Waals surface area contributed by atoms with Crippen LogP contribution in [0.5, 0.6) is 0 Å². The molecule has 2 aliphatic heterocycles. The molecule has 2 aliphatic rings. The first-order chi connectivity index (χ1) is 9.62. The highest BCUT2D eigenvalue weighted by atomic mass is 15.3. The van der Waals surface area contributed by atoms with Crippen molar-refractivity contribution in [3.8, 4) is 12.3 Å². The zero-order chi connectivity index (χ0) is 14.2. The van der Waals surface area contributed by atoms with E-state index in [0.717, 1.165) is 13.1 Å². The molecule has 0 amide bonds. The Morgan fingerprint density at radius 3 is 2.65 bits per heavy atom. The maximum Gasteiger partial charge on any atom is 0.0772 e. The summed E-state index contributed by atoms with van der Waals surface area (Å²) in [7, 11) is 0. The predicted octanol–water partition coefficient (Wildman–Crippen LogP) is 2.92. The summed E-state index contributed by atoms with van der Waals surface area (Å²) >= 11 is 0. The van der Waals surface area contributed by atoms with Crippen molar-refractivity contribution >= 4 is 0 Å². The Kier molecular flexibility index (Phi) is 3.58. The van der Waals surface area contributed by atoms with E-state index in [9.17, 15) is 0 Å². The first kappa shape index (κ1) is 13.7. The number of piperazine rings is 1. The standard InChI is InChI=1S/C18H24N2/c1-4-18(2,3)20-13-16-11-8-12-19(16)14-17(20)15-9-6-5-7-10-15/h1,5-7,9-10,16-17H,8,11-14H2,2-3H3. The van der Waals surface area contributed by atoms with Crippen LogP contribution in [0.3, 0.4) is 0 Å². The van der Waals surface area contributed by atoms with Gasteiger partial charge in [-0.15, -0.1) is 6.42 Å². The zero-order valence-corrected chi connectivity index (χ0v) is 12.5. The van der Waals surface area contributed by atoms with Crippen LogP contribution in [0.4, 0.5) is 0 Å². The molecule has 2 fully saturated rings. The third kappa shape index (κ3) is 2.37. The Labute approximate surface area is 122 Å². The number of hydrogen-bond acceptors (Lipinski definition) is 2. The normalized spacial score (nSPS) is 28.1. The lowest BCUT2D eigenvalue weighted by Crippen LogP contribution is -2.58. The summed E-state index contributed by atoms with van der Waals surface area (Å²) in [6.45, 7) is 7.80. The lowest BCUT2D eigenvalue weighted by atomic mass is 9.92. The van der Waals surface area contributed by atoms with Gasteiger partial charge in [0.05, 0.1) is 5.54 Å². The molecule has 3 rings (SSSR count). The molecule has 2 saturated heterocycles. The Morgan fingerprint density at radius 1 is 1.20 bits per heavy atom.